The topological polar surface area (TPSA) is 66.5 Å². The maximum Gasteiger partial charge on any atom is 0.239 e. The number of hydrogen-bond acceptors (Lipinski definition) is 3. The van der Waals surface area contributed by atoms with Gasteiger partial charge in [0.05, 0.1) is 0 Å². The van der Waals surface area contributed by atoms with Crippen LogP contribution in [0.25, 0.3) is 0 Å². The molecular weight excluding hydrogens is 307 g/mol. The van der Waals surface area contributed by atoms with Crippen molar-refractivity contribution in [3.8, 4) is 0 Å². The van der Waals surface area contributed by atoms with Crippen molar-refractivity contribution in [1.29, 1.82) is 0 Å². The average molecular weight is 328 g/mol. The first-order valence-electron chi connectivity index (χ1n) is 6.95. The van der Waals surface area contributed by atoms with Crippen molar-refractivity contribution >= 4 is 28.3 Å². The molecule has 0 saturated heterocycles. The van der Waals surface area contributed by atoms with Crippen molar-refractivity contribution in [2.24, 2.45) is 0 Å². The van der Waals surface area contributed by atoms with Gasteiger partial charge in [-0.2, -0.15) is 0 Å². The summed E-state index contributed by atoms with van der Waals surface area (Å²) in [4.78, 5) is 24.9. The SMILES string of the molecule is C[C@@H](C(=O)Nc1cccc(F)c1)[S@](=O)CCCC(=O)N(C)C. The van der Waals surface area contributed by atoms with Gasteiger partial charge in [-0.1, -0.05) is 6.07 Å². The number of nitrogens with zero attached hydrogens (tertiary/aromatic N) is 1. The van der Waals surface area contributed by atoms with E-state index >= 15 is 0 Å². The highest BCUT2D eigenvalue weighted by Crippen LogP contribution is 2.11. The Morgan fingerprint density at radius 3 is 2.64 bits per heavy atom. The molecule has 1 rings (SSSR count). The standard InChI is InChI=1S/C15H21FN2O3S/c1-11(22(21)9-5-8-14(19)18(2)3)15(20)17-13-7-4-6-12(16)10-13/h4,6-7,10-11H,5,8-9H2,1-3H3,(H,17,20)/t11-,22+/m0/s1. The molecule has 0 aliphatic heterocycles. The van der Waals surface area contributed by atoms with Gasteiger partial charge in [0, 0.05) is 42.8 Å². The fraction of sp³-hybridized carbons (Fsp3) is 0.467. The summed E-state index contributed by atoms with van der Waals surface area (Å²) in [6.45, 7) is 1.55. The quantitative estimate of drug-likeness (QED) is 0.829. The zero-order chi connectivity index (χ0) is 16.7. The molecule has 5 nitrogen and oxygen atoms in total. The van der Waals surface area contributed by atoms with E-state index in [-0.39, 0.29) is 11.7 Å². The van der Waals surface area contributed by atoms with Gasteiger partial charge in [-0.25, -0.2) is 4.39 Å². The maximum absolute atomic E-state index is 13.0. The van der Waals surface area contributed by atoms with Crippen LogP contribution >= 0.6 is 0 Å². The van der Waals surface area contributed by atoms with Crippen molar-refractivity contribution in [3.63, 3.8) is 0 Å². The summed E-state index contributed by atoms with van der Waals surface area (Å²) in [7, 11) is 1.94. The van der Waals surface area contributed by atoms with Crippen LogP contribution in [0.3, 0.4) is 0 Å². The average Bonchev–Trinajstić information content (AvgIpc) is 2.45. The summed E-state index contributed by atoms with van der Waals surface area (Å²) in [5, 5.41) is 1.81. The molecule has 22 heavy (non-hydrogen) atoms. The van der Waals surface area contributed by atoms with Gasteiger partial charge in [0.25, 0.3) is 0 Å². The Kier molecular flexibility index (Phi) is 7.17. The number of benzene rings is 1. The van der Waals surface area contributed by atoms with Crippen LogP contribution < -0.4 is 5.32 Å². The number of carbonyl (C=O) groups excluding carboxylic acids is 2. The van der Waals surface area contributed by atoms with Crippen LogP contribution in [0.4, 0.5) is 10.1 Å². The molecule has 0 unspecified atom stereocenters. The Morgan fingerprint density at radius 1 is 1.36 bits per heavy atom. The molecule has 122 valence electrons. The van der Waals surface area contributed by atoms with Crippen LogP contribution in [0.5, 0.6) is 0 Å². The Balaban J connectivity index is 2.45. The molecule has 1 aromatic carbocycles. The minimum Gasteiger partial charge on any atom is -0.349 e. The molecule has 1 aromatic rings. The predicted molar refractivity (Wildman–Crippen MR) is 85.4 cm³/mol. The molecule has 0 aliphatic rings. The van der Waals surface area contributed by atoms with E-state index < -0.39 is 27.8 Å². The van der Waals surface area contributed by atoms with E-state index in [2.05, 4.69) is 5.32 Å². The number of anilines is 1. The molecule has 0 bridgehead atoms. The first-order valence-corrected chi connectivity index (χ1v) is 8.33. The fourth-order valence-electron chi connectivity index (χ4n) is 1.70. The largest absolute Gasteiger partial charge is 0.349 e. The normalized spacial score (nSPS) is 13.3. The van der Waals surface area contributed by atoms with Crippen molar-refractivity contribution in [1.82, 2.24) is 4.90 Å². The van der Waals surface area contributed by atoms with Crippen molar-refractivity contribution in [2.45, 2.75) is 25.0 Å². The second-order valence-electron chi connectivity index (χ2n) is 5.12. The Labute approximate surface area is 132 Å². The van der Waals surface area contributed by atoms with Gasteiger partial charge in [0.1, 0.15) is 11.1 Å². The van der Waals surface area contributed by atoms with Gasteiger partial charge in [0.15, 0.2) is 0 Å². The molecule has 0 radical (unpaired) electrons. The first kappa shape index (κ1) is 18.3. The van der Waals surface area contributed by atoms with Crippen molar-refractivity contribution in [3.05, 3.63) is 30.1 Å². The lowest BCUT2D eigenvalue weighted by Crippen LogP contribution is -2.30. The smallest absolute Gasteiger partial charge is 0.239 e. The summed E-state index contributed by atoms with van der Waals surface area (Å²) >= 11 is 0. The van der Waals surface area contributed by atoms with Gasteiger partial charge in [-0.3, -0.25) is 13.8 Å². The summed E-state index contributed by atoms with van der Waals surface area (Å²) < 4.78 is 25.1. The zero-order valence-electron chi connectivity index (χ0n) is 13.0. The van der Waals surface area contributed by atoms with Gasteiger partial charge in [0.2, 0.25) is 11.8 Å². The van der Waals surface area contributed by atoms with Gasteiger partial charge >= 0.3 is 0 Å². The van der Waals surface area contributed by atoms with Crippen LogP contribution in [-0.2, 0) is 20.4 Å². The Hall–Kier alpha value is -1.76. The van der Waals surface area contributed by atoms with Crippen LogP contribution in [0.2, 0.25) is 0 Å². The van der Waals surface area contributed by atoms with Crippen molar-refractivity contribution < 1.29 is 18.2 Å². The number of nitrogens with one attached hydrogen (secondary N) is 1. The first-order chi connectivity index (χ1) is 10.3. The summed E-state index contributed by atoms with van der Waals surface area (Å²) in [5.41, 5.74) is 0.330. The number of rotatable bonds is 7. The number of carbonyl (C=O) groups is 2. The minimum atomic E-state index is -1.38. The Bertz CT molecular complexity index is 563. The Morgan fingerprint density at radius 2 is 2.05 bits per heavy atom. The second-order valence-corrected chi connectivity index (χ2v) is 7.00. The van der Waals surface area contributed by atoms with Crippen LogP contribution in [0.1, 0.15) is 19.8 Å². The van der Waals surface area contributed by atoms with E-state index in [1.165, 1.54) is 23.1 Å². The van der Waals surface area contributed by atoms with Crippen LogP contribution in [0.15, 0.2) is 24.3 Å². The van der Waals surface area contributed by atoms with E-state index in [1.807, 2.05) is 0 Å². The lowest BCUT2D eigenvalue weighted by Gasteiger charge is -2.13. The highest BCUT2D eigenvalue weighted by molar-refractivity contribution is 7.86. The zero-order valence-corrected chi connectivity index (χ0v) is 13.8. The summed E-state index contributed by atoms with van der Waals surface area (Å²) in [6.07, 6.45) is 0.762. The molecule has 2 atom stereocenters. The van der Waals surface area contributed by atoms with E-state index in [0.29, 0.717) is 18.5 Å². The molecule has 0 fully saturated rings. The van der Waals surface area contributed by atoms with E-state index in [9.17, 15) is 18.2 Å². The van der Waals surface area contributed by atoms with E-state index in [0.717, 1.165) is 0 Å². The third-order valence-electron chi connectivity index (χ3n) is 3.09. The lowest BCUT2D eigenvalue weighted by molar-refractivity contribution is -0.128. The third kappa shape index (κ3) is 5.93. The molecule has 7 heteroatoms. The van der Waals surface area contributed by atoms with E-state index in [1.54, 1.807) is 27.1 Å². The van der Waals surface area contributed by atoms with Gasteiger partial charge in [-0.15, -0.1) is 0 Å². The van der Waals surface area contributed by atoms with Crippen molar-refractivity contribution in [2.75, 3.05) is 25.2 Å². The van der Waals surface area contributed by atoms with Crippen LogP contribution in [-0.4, -0.2) is 46.0 Å². The number of amides is 2. The minimum absolute atomic E-state index is 0.0335. The fourth-order valence-corrected chi connectivity index (χ4v) is 2.78. The van der Waals surface area contributed by atoms with Gasteiger partial charge < -0.3 is 10.2 Å². The van der Waals surface area contributed by atoms with Crippen LogP contribution in [0, 0.1) is 5.82 Å². The molecule has 1 N–H and O–H groups in total. The maximum atomic E-state index is 13.0. The lowest BCUT2D eigenvalue weighted by atomic mass is 10.3. The summed E-state index contributed by atoms with van der Waals surface area (Å²) in [5.74, 6) is -0.636. The molecular formula is C15H21FN2O3S. The molecule has 0 aliphatic carbocycles. The number of hydrogen-bond donors (Lipinski definition) is 1. The highest BCUT2D eigenvalue weighted by Gasteiger charge is 2.20. The highest BCUT2D eigenvalue weighted by atomic mass is 32.2. The molecule has 0 spiro atoms. The third-order valence-corrected chi connectivity index (χ3v) is 4.78. The molecule has 0 heterocycles. The molecule has 0 aromatic heterocycles. The van der Waals surface area contributed by atoms with E-state index in [4.69, 9.17) is 0 Å². The number of halogens is 1. The second kappa shape index (κ2) is 8.63. The molecule has 0 saturated carbocycles. The monoisotopic (exact) mass is 328 g/mol. The summed E-state index contributed by atoms with van der Waals surface area (Å²) in [6, 6.07) is 5.52. The molecule has 2 amide bonds. The predicted octanol–water partition coefficient (Wildman–Crippen LogP) is 1.77. The van der Waals surface area contributed by atoms with Gasteiger partial charge in [-0.05, 0) is 31.5 Å².